The monoisotopic (exact) mass is 357 g/mol. The van der Waals surface area contributed by atoms with Crippen LogP contribution in [0.4, 0.5) is 4.39 Å². The van der Waals surface area contributed by atoms with Crippen molar-refractivity contribution in [1.82, 2.24) is 15.0 Å². The van der Waals surface area contributed by atoms with E-state index in [1.807, 2.05) is 35.7 Å². The van der Waals surface area contributed by atoms with Crippen LogP contribution in [-0.4, -0.2) is 34.0 Å². The van der Waals surface area contributed by atoms with Gasteiger partial charge in [0.1, 0.15) is 0 Å². The van der Waals surface area contributed by atoms with Crippen LogP contribution in [0, 0.1) is 0 Å². The standard InChI is InChI=1S/C18H16FN3O2S/c19-18(17-20-15(21-24-17)13-5-2-1-3-6-13)8-4-9-22(12-18)16(23)14-7-10-25-11-14/h1-3,5-7,10-11H,4,8-9,12H2. The van der Waals surface area contributed by atoms with Gasteiger partial charge >= 0.3 is 0 Å². The molecule has 3 heterocycles. The molecule has 0 bridgehead atoms. The predicted octanol–water partition coefficient (Wildman–Crippen LogP) is 3.90. The van der Waals surface area contributed by atoms with Gasteiger partial charge in [0.2, 0.25) is 11.5 Å². The number of halogens is 1. The van der Waals surface area contributed by atoms with Crippen molar-refractivity contribution in [2.75, 3.05) is 13.1 Å². The Bertz CT molecular complexity index is 866. The lowest BCUT2D eigenvalue weighted by atomic mass is 9.94. The van der Waals surface area contributed by atoms with E-state index >= 15 is 4.39 Å². The summed E-state index contributed by atoms with van der Waals surface area (Å²) < 4.78 is 20.7. The SMILES string of the molecule is O=C(c1ccsc1)N1CCCC(F)(c2nc(-c3ccccc3)no2)C1. The lowest BCUT2D eigenvalue weighted by Crippen LogP contribution is -2.46. The third kappa shape index (κ3) is 3.07. The van der Waals surface area contributed by atoms with Crippen LogP contribution in [0.15, 0.2) is 51.7 Å². The summed E-state index contributed by atoms with van der Waals surface area (Å²) in [7, 11) is 0. The van der Waals surface area contributed by atoms with E-state index < -0.39 is 5.67 Å². The highest BCUT2D eigenvalue weighted by Crippen LogP contribution is 2.36. The number of piperidine rings is 1. The Balaban J connectivity index is 1.57. The minimum atomic E-state index is -1.82. The molecule has 1 saturated heterocycles. The van der Waals surface area contributed by atoms with E-state index in [0.717, 1.165) is 5.56 Å². The van der Waals surface area contributed by atoms with Crippen molar-refractivity contribution in [2.45, 2.75) is 18.5 Å². The summed E-state index contributed by atoms with van der Waals surface area (Å²) in [5, 5.41) is 7.51. The molecular weight excluding hydrogens is 341 g/mol. The molecule has 1 aromatic carbocycles. The Morgan fingerprint density at radius 3 is 2.88 bits per heavy atom. The molecule has 1 aliphatic heterocycles. The summed E-state index contributed by atoms with van der Waals surface area (Å²) in [6, 6.07) is 11.0. The molecule has 0 saturated carbocycles. The number of hydrogen-bond acceptors (Lipinski definition) is 5. The molecule has 2 aromatic heterocycles. The fourth-order valence-electron chi connectivity index (χ4n) is 3.04. The molecule has 0 N–H and O–H groups in total. The van der Waals surface area contributed by atoms with Gasteiger partial charge in [0.15, 0.2) is 0 Å². The molecule has 1 aliphatic rings. The van der Waals surface area contributed by atoms with Gasteiger partial charge in [0.25, 0.3) is 11.8 Å². The van der Waals surface area contributed by atoms with Crippen LogP contribution in [0.2, 0.25) is 0 Å². The minimum absolute atomic E-state index is 0.0610. The summed E-state index contributed by atoms with van der Waals surface area (Å²) in [5.41, 5.74) is -0.461. The average Bonchev–Trinajstić information content (AvgIpc) is 3.34. The molecule has 1 atom stereocenters. The number of nitrogens with zero attached hydrogens (tertiary/aromatic N) is 3. The first-order chi connectivity index (χ1) is 12.2. The predicted molar refractivity (Wildman–Crippen MR) is 92.0 cm³/mol. The third-order valence-corrected chi connectivity index (χ3v) is 5.02. The average molecular weight is 357 g/mol. The molecule has 128 valence electrons. The summed E-state index contributed by atoms with van der Waals surface area (Å²) >= 11 is 1.45. The number of aromatic nitrogens is 2. The van der Waals surface area contributed by atoms with Gasteiger partial charge in [-0.15, -0.1) is 0 Å². The summed E-state index contributed by atoms with van der Waals surface area (Å²) in [4.78, 5) is 18.3. The topological polar surface area (TPSA) is 59.2 Å². The molecule has 1 unspecified atom stereocenters. The van der Waals surface area contributed by atoms with E-state index in [1.165, 1.54) is 16.2 Å². The maximum Gasteiger partial charge on any atom is 0.266 e. The highest BCUT2D eigenvalue weighted by atomic mass is 32.1. The molecule has 0 spiro atoms. The van der Waals surface area contributed by atoms with Gasteiger partial charge in [-0.2, -0.15) is 16.3 Å². The van der Waals surface area contributed by atoms with E-state index in [2.05, 4.69) is 10.1 Å². The van der Waals surface area contributed by atoms with Crippen molar-refractivity contribution in [3.63, 3.8) is 0 Å². The Hall–Kier alpha value is -2.54. The van der Waals surface area contributed by atoms with Crippen LogP contribution in [0.3, 0.4) is 0 Å². The van der Waals surface area contributed by atoms with E-state index in [-0.39, 0.29) is 24.8 Å². The van der Waals surface area contributed by atoms with Crippen molar-refractivity contribution in [3.8, 4) is 11.4 Å². The Kier molecular flexibility index (Phi) is 4.09. The number of thiophene rings is 1. The number of carbonyl (C=O) groups excluding carboxylic acids is 1. The number of hydrogen-bond donors (Lipinski definition) is 0. The number of alkyl halides is 1. The highest BCUT2D eigenvalue weighted by molar-refractivity contribution is 7.08. The Morgan fingerprint density at radius 2 is 2.12 bits per heavy atom. The number of amides is 1. The first kappa shape index (κ1) is 16.0. The molecule has 1 amide bonds. The van der Waals surface area contributed by atoms with E-state index in [4.69, 9.17) is 4.52 Å². The number of likely N-dealkylation sites (tertiary alicyclic amines) is 1. The zero-order valence-corrected chi connectivity index (χ0v) is 14.2. The molecule has 1 fully saturated rings. The fourth-order valence-corrected chi connectivity index (χ4v) is 3.67. The van der Waals surface area contributed by atoms with Crippen LogP contribution in [0.5, 0.6) is 0 Å². The van der Waals surface area contributed by atoms with Crippen molar-refractivity contribution in [3.05, 3.63) is 58.6 Å². The van der Waals surface area contributed by atoms with Crippen LogP contribution >= 0.6 is 11.3 Å². The van der Waals surface area contributed by atoms with Gasteiger partial charge < -0.3 is 9.42 Å². The second-order valence-corrected chi connectivity index (χ2v) is 6.88. The summed E-state index contributed by atoms with van der Waals surface area (Å²) in [6.45, 7) is 0.456. The van der Waals surface area contributed by atoms with Crippen molar-refractivity contribution in [2.24, 2.45) is 0 Å². The van der Waals surface area contributed by atoms with Crippen LogP contribution in [0.1, 0.15) is 29.1 Å². The molecule has 25 heavy (non-hydrogen) atoms. The Labute approximate surface area is 148 Å². The zero-order valence-electron chi connectivity index (χ0n) is 13.4. The van der Waals surface area contributed by atoms with Crippen molar-refractivity contribution in [1.29, 1.82) is 0 Å². The van der Waals surface area contributed by atoms with Crippen LogP contribution < -0.4 is 0 Å². The lowest BCUT2D eigenvalue weighted by molar-refractivity contribution is 0.0153. The number of benzene rings is 1. The fraction of sp³-hybridized carbons (Fsp3) is 0.278. The molecule has 7 heteroatoms. The van der Waals surface area contributed by atoms with Crippen LogP contribution in [-0.2, 0) is 5.67 Å². The molecule has 0 aliphatic carbocycles. The van der Waals surface area contributed by atoms with E-state index in [9.17, 15) is 4.79 Å². The third-order valence-electron chi connectivity index (χ3n) is 4.34. The zero-order chi connectivity index (χ0) is 17.3. The quantitative estimate of drug-likeness (QED) is 0.713. The molecule has 0 radical (unpaired) electrons. The maximum atomic E-state index is 15.5. The van der Waals surface area contributed by atoms with Gasteiger partial charge in [-0.1, -0.05) is 35.5 Å². The normalized spacial score (nSPS) is 20.6. The second kappa shape index (κ2) is 6.40. The molecular formula is C18H16FN3O2S. The van der Waals surface area contributed by atoms with E-state index in [0.29, 0.717) is 24.4 Å². The van der Waals surface area contributed by atoms with E-state index in [1.54, 1.807) is 11.4 Å². The van der Waals surface area contributed by atoms with Gasteiger partial charge in [-0.25, -0.2) is 4.39 Å². The van der Waals surface area contributed by atoms with Gasteiger partial charge in [-0.3, -0.25) is 4.79 Å². The summed E-state index contributed by atoms with van der Waals surface area (Å²) in [6.07, 6.45) is 0.812. The Morgan fingerprint density at radius 1 is 1.28 bits per heavy atom. The van der Waals surface area contributed by atoms with Gasteiger partial charge in [-0.05, 0) is 24.3 Å². The minimum Gasteiger partial charge on any atom is -0.335 e. The lowest BCUT2D eigenvalue weighted by Gasteiger charge is -2.34. The first-order valence-corrected chi connectivity index (χ1v) is 9.00. The van der Waals surface area contributed by atoms with Gasteiger partial charge in [0, 0.05) is 17.5 Å². The largest absolute Gasteiger partial charge is 0.335 e. The van der Waals surface area contributed by atoms with Crippen LogP contribution in [0.25, 0.3) is 11.4 Å². The van der Waals surface area contributed by atoms with Gasteiger partial charge in [0.05, 0.1) is 12.1 Å². The van der Waals surface area contributed by atoms with Crippen molar-refractivity contribution < 1.29 is 13.7 Å². The first-order valence-electron chi connectivity index (χ1n) is 8.06. The molecule has 3 aromatic rings. The smallest absolute Gasteiger partial charge is 0.266 e. The highest BCUT2D eigenvalue weighted by Gasteiger charge is 2.44. The summed E-state index contributed by atoms with van der Waals surface area (Å²) in [5.74, 6) is 0.133. The maximum absolute atomic E-state index is 15.5. The van der Waals surface area contributed by atoms with Crippen molar-refractivity contribution >= 4 is 17.2 Å². The second-order valence-electron chi connectivity index (χ2n) is 6.10. The molecule has 5 nitrogen and oxygen atoms in total. The number of rotatable bonds is 3. The number of carbonyl (C=O) groups is 1. The molecule has 4 rings (SSSR count).